The standard InChI is InChI=1S/C33H29F2N3O7S/c1-46(43,44)15-14-33(22-10-6-3-7-11-22)30(20-8-4-2-5-9-20)45-26-19-37-18-24(28(39)29(40)27(37)32(42)38(26)33)31(41)36-17-21-12-13-23(34)16-25(21)35/h2-13,16,18,26,30,40H,14-15,17,19H2,1H3,(H,36,41)/t26-,30?,33+/m0/s1. The molecule has 0 bridgehead atoms. The Morgan fingerprint density at radius 2 is 1.72 bits per heavy atom. The Labute approximate surface area is 262 Å². The minimum absolute atomic E-state index is 0.0273. The molecular weight excluding hydrogens is 620 g/mol. The summed E-state index contributed by atoms with van der Waals surface area (Å²) in [6, 6.07) is 20.7. The summed E-state index contributed by atoms with van der Waals surface area (Å²) in [5, 5.41) is 13.5. The van der Waals surface area contributed by atoms with Gasteiger partial charge in [0.2, 0.25) is 5.43 Å². The number of hydrogen-bond acceptors (Lipinski definition) is 7. The number of nitrogens with one attached hydrogen (secondary N) is 1. The van der Waals surface area contributed by atoms with E-state index in [0.29, 0.717) is 17.2 Å². The van der Waals surface area contributed by atoms with E-state index < -0.39 is 67.9 Å². The Bertz CT molecular complexity index is 2010. The fourth-order valence-electron chi connectivity index (χ4n) is 6.28. The number of fused-ring (bicyclic) bond motifs is 2. The van der Waals surface area contributed by atoms with Crippen LogP contribution in [0.5, 0.6) is 5.75 Å². The van der Waals surface area contributed by atoms with Crippen molar-refractivity contribution < 1.29 is 36.6 Å². The molecule has 6 rings (SSSR count). The third kappa shape index (κ3) is 5.45. The molecule has 3 atom stereocenters. The molecule has 238 valence electrons. The smallest absolute Gasteiger partial charge is 0.277 e. The number of nitrogens with zero attached hydrogens (tertiary/aromatic N) is 2. The monoisotopic (exact) mass is 649 g/mol. The Morgan fingerprint density at radius 1 is 1.04 bits per heavy atom. The van der Waals surface area contributed by atoms with Crippen molar-refractivity contribution in [3.8, 4) is 5.75 Å². The van der Waals surface area contributed by atoms with Crippen molar-refractivity contribution in [3.63, 3.8) is 0 Å². The lowest BCUT2D eigenvalue weighted by Gasteiger charge is -2.44. The zero-order valence-corrected chi connectivity index (χ0v) is 25.3. The van der Waals surface area contributed by atoms with E-state index in [-0.39, 0.29) is 36.5 Å². The van der Waals surface area contributed by atoms with E-state index in [1.807, 2.05) is 18.2 Å². The lowest BCUT2D eigenvalue weighted by molar-refractivity contribution is -0.0157. The number of carbonyl (C=O) groups excluding carboxylic acids is 2. The number of ether oxygens (including phenoxy) is 1. The number of hydrogen-bond donors (Lipinski definition) is 2. The van der Waals surface area contributed by atoms with Crippen LogP contribution in [-0.4, -0.2) is 53.0 Å². The maximum absolute atomic E-state index is 14.4. The Morgan fingerprint density at radius 3 is 2.37 bits per heavy atom. The van der Waals surface area contributed by atoms with Crippen molar-refractivity contribution in [1.82, 2.24) is 14.8 Å². The predicted octanol–water partition coefficient (Wildman–Crippen LogP) is 3.65. The van der Waals surface area contributed by atoms with Gasteiger partial charge in [-0.05, 0) is 23.6 Å². The first kappa shape index (κ1) is 31.1. The highest BCUT2D eigenvalue weighted by molar-refractivity contribution is 7.90. The minimum atomic E-state index is -3.52. The number of aromatic hydroxyl groups is 1. The minimum Gasteiger partial charge on any atom is -0.503 e. The third-order valence-corrected chi connectivity index (χ3v) is 9.35. The van der Waals surface area contributed by atoms with Gasteiger partial charge in [-0.3, -0.25) is 19.3 Å². The van der Waals surface area contributed by atoms with Crippen LogP contribution >= 0.6 is 0 Å². The molecule has 46 heavy (non-hydrogen) atoms. The molecule has 1 saturated heterocycles. The molecule has 2 N–H and O–H groups in total. The van der Waals surface area contributed by atoms with Crippen molar-refractivity contribution in [3.05, 3.63) is 135 Å². The summed E-state index contributed by atoms with van der Waals surface area (Å²) in [7, 11) is -3.52. The SMILES string of the molecule is CS(=O)(=O)CC[C@@]1(c2ccccc2)C(c2ccccc2)O[C@H]2Cn3cc(C(=O)NCc4ccc(F)cc4F)c(=O)c(O)c3C(=O)N21. The van der Waals surface area contributed by atoms with Gasteiger partial charge in [0.05, 0.1) is 12.3 Å². The zero-order valence-electron chi connectivity index (χ0n) is 24.5. The van der Waals surface area contributed by atoms with E-state index in [1.54, 1.807) is 42.5 Å². The predicted molar refractivity (Wildman–Crippen MR) is 163 cm³/mol. The summed E-state index contributed by atoms with van der Waals surface area (Å²) in [6.07, 6.45) is 0.345. The average Bonchev–Trinajstić information content (AvgIpc) is 3.37. The van der Waals surface area contributed by atoms with Crippen LogP contribution in [0.1, 0.15) is 50.1 Å². The fourth-order valence-corrected chi connectivity index (χ4v) is 6.97. The van der Waals surface area contributed by atoms with E-state index in [1.165, 1.54) is 9.47 Å². The second-order valence-electron chi connectivity index (χ2n) is 11.4. The molecular formula is C33H29F2N3O7S. The lowest BCUT2D eigenvalue weighted by atomic mass is 9.78. The van der Waals surface area contributed by atoms with Crippen molar-refractivity contribution in [2.75, 3.05) is 12.0 Å². The highest BCUT2D eigenvalue weighted by Gasteiger charge is 2.60. The highest BCUT2D eigenvalue weighted by Crippen LogP contribution is 2.54. The van der Waals surface area contributed by atoms with Gasteiger partial charge in [0.15, 0.2) is 17.7 Å². The molecule has 4 aromatic rings. The largest absolute Gasteiger partial charge is 0.503 e. The first-order valence-electron chi connectivity index (χ1n) is 14.4. The summed E-state index contributed by atoms with van der Waals surface area (Å²) in [4.78, 5) is 42.2. The van der Waals surface area contributed by atoms with E-state index in [4.69, 9.17) is 4.74 Å². The van der Waals surface area contributed by atoms with Gasteiger partial charge < -0.3 is 19.7 Å². The molecule has 2 aliphatic heterocycles. The van der Waals surface area contributed by atoms with E-state index >= 15 is 0 Å². The number of aromatic nitrogens is 1. The van der Waals surface area contributed by atoms with Gasteiger partial charge >= 0.3 is 0 Å². The van der Waals surface area contributed by atoms with Gasteiger partial charge in [-0.1, -0.05) is 66.7 Å². The molecule has 0 radical (unpaired) electrons. The number of sulfone groups is 1. The number of halogens is 2. The quantitative estimate of drug-likeness (QED) is 0.298. The van der Waals surface area contributed by atoms with Crippen LogP contribution in [-0.2, 0) is 33.2 Å². The number of benzene rings is 3. The van der Waals surface area contributed by atoms with Crippen molar-refractivity contribution in [1.29, 1.82) is 0 Å². The maximum atomic E-state index is 14.4. The topological polar surface area (TPSA) is 135 Å². The molecule has 0 spiro atoms. The van der Waals surface area contributed by atoms with Gasteiger partial charge in [0.1, 0.15) is 38.7 Å². The van der Waals surface area contributed by atoms with Gasteiger partial charge in [0.25, 0.3) is 11.8 Å². The van der Waals surface area contributed by atoms with Crippen LogP contribution in [0.2, 0.25) is 0 Å². The molecule has 2 amide bonds. The summed E-state index contributed by atoms with van der Waals surface area (Å²) < 4.78 is 60.3. The fraction of sp³-hybridized carbons (Fsp3) is 0.242. The summed E-state index contributed by atoms with van der Waals surface area (Å²) >= 11 is 0. The zero-order chi connectivity index (χ0) is 32.8. The number of amides is 2. The van der Waals surface area contributed by atoms with Gasteiger partial charge in [-0.15, -0.1) is 0 Å². The third-order valence-electron chi connectivity index (χ3n) is 8.40. The second kappa shape index (κ2) is 11.8. The van der Waals surface area contributed by atoms with Crippen LogP contribution in [0.25, 0.3) is 0 Å². The van der Waals surface area contributed by atoms with Crippen molar-refractivity contribution in [2.24, 2.45) is 0 Å². The molecule has 13 heteroatoms. The van der Waals surface area contributed by atoms with Gasteiger partial charge in [0, 0.05) is 30.6 Å². The molecule has 1 fully saturated rings. The summed E-state index contributed by atoms with van der Waals surface area (Å²) in [6.45, 7) is -0.484. The first-order valence-corrected chi connectivity index (χ1v) is 16.4. The first-order chi connectivity index (χ1) is 21.9. The van der Waals surface area contributed by atoms with Crippen LogP contribution in [0, 0.1) is 11.6 Å². The molecule has 0 aliphatic carbocycles. The van der Waals surface area contributed by atoms with Gasteiger partial charge in [-0.25, -0.2) is 17.2 Å². The molecule has 1 aromatic heterocycles. The normalized spacial score (nSPS) is 20.7. The molecule has 3 aromatic carbocycles. The van der Waals surface area contributed by atoms with Gasteiger partial charge in [-0.2, -0.15) is 0 Å². The van der Waals surface area contributed by atoms with Crippen LogP contribution in [0.4, 0.5) is 8.78 Å². The molecule has 3 heterocycles. The maximum Gasteiger partial charge on any atom is 0.277 e. The van der Waals surface area contributed by atoms with E-state index in [2.05, 4.69) is 5.32 Å². The number of carbonyl (C=O) groups is 2. The average molecular weight is 650 g/mol. The molecule has 0 saturated carbocycles. The van der Waals surface area contributed by atoms with E-state index in [9.17, 15) is 36.7 Å². The number of pyridine rings is 1. The highest BCUT2D eigenvalue weighted by atomic mass is 32.2. The second-order valence-corrected chi connectivity index (χ2v) is 13.6. The number of rotatable bonds is 8. The summed E-state index contributed by atoms with van der Waals surface area (Å²) in [5.74, 6) is -4.69. The Balaban J connectivity index is 1.43. The van der Waals surface area contributed by atoms with Crippen molar-refractivity contribution >= 4 is 21.7 Å². The molecule has 2 aliphatic rings. The Hall–Kier alpha value is -4.88. The molecule has 1 unspecified atom stereocenters. The van der Waals surface area contributed by atoms with Crippen LogP contribution in [0.3, 0.4) is 0 Å². The van der Waals surface area contributed by atoms with Crippen LogP contribution < -0.4 is 10.7 Å². The van der Waals surface area contributed by atoms with Crippen LogP contribution in [0.15, 0.2) is 89.9 Å². The Kier molecular flexibility index (Phi) is 7.99. The lowest BCUT2D eigenvalue weighted by Crippen LogP contribution is -2.55. The van der Waals surface area contributed by atoms with Crippen molar-refractivity contribution in [2.45, 2.75) is 37.4 Å². The van der Waals surface area contributed by atoms with E-state index in [0.717, 1.165) is 24.6 Å². The summed E-state index contributed by atoms with van der Waals surface area (Å²) in [5.41, 5.74) is -2.14. The molecule has 10 nitrogen and oxygen atoms in total.